The first-order valence-corrected chi connectivity index (χ1v) is 7.17. The zero-order valence-corrected chi connectivity index (χ0v) is 11.4. The van der Waals surface area contributed by atoms with Gasteiger partial charge in [0.25, 0.3) is 0 Å². The molecule has 0 aromatic rings. The van der Waals surface area contributed by atoms with E-state index in [0.29, 0.717) is 0 Å². The average molecular weight is 263 g/mol. The molecule has 0 rings (SSSR count). The zero-order chi connectivity index (χ0) is 13.4. The normalized spacial score (nSPS) is 14.4. The van der Waals surface area contributed by atoms with E-state index in [1.54, 1.807) is 6.92 Å². The average Bonchev–Trinajstić information content (AvgIpc) is 2.24. The molecule has 0 aliphatic carbocycles. The van der Waals surface area contributed by atoms with Gasteiger partial charge in [-0.15, -0.1) is 0 Å². The maximum Gasteiger partial charge on any atom is 0.304 e. The predicted octanol–water partition coefficient (Wildman–Crippen LogP) is 0.903. The second-order valence-corrected chi connectivity index (χ2v) is 5.87. The predicted molar refractivity (Wildman–Crippen MR) is 67.2 cm³/mol. The summed E-state index contributed by atoms with van der Waals surface area (Å²) in [6.07, 6.45) is 1.49. The lowest BCUT2D eigenvalue weighted by molar-refractivity contribution is -0.137. The number of hydrogen-bond acceptors (Lipinski definition) is 3. The molecule has 0 radical (unpaired) electrons. The summed E-state index contributed by atoms with van der Waals surface area (Å²) in [6, 6.07) is 0.106. The van der Waals surface area contributed by atoms with Crippen LogP contribution in [0, 0.1) is 0 Å². The molecule has 17 heavy (non-hydrogen) atoms. The molecule has 100 valence electrons. The van der Waals surface area contributed by atoms with Gasteiger partial charge >= 0.3 is 5.97 Å². The Bertz CT molecular complexity index is 289. The van der Waals surface area contributed by atoms with Crippen LogP contribution in [0.5, 0.6) is 0 Å². The summed E-state index contributed by atoms with van der Waals surface area (Å²) in [4.78, 5) is 22.0. The fourth-order valence-corrected chi connectivity index (χ4v) is 2.33. The molecule has 0 aromatic carbocycles. The maximum absolute atomic E-state index is 11.6. The van der Waals surface area contributed by atoms with Crippen molar-refractivity contribution in [2.24, 2.45) is 0 Å². The summed E-state index contributed by atoms with van der Waals surface area (Å²) in [5.74, 6) is -1.38. The van der Waals surface area contributed by atoms with Gasteiger partial charge in [-0.05, 0) is 12.8 Å². The summed E-state index contributed by atoms with van der Waals surface area (Å²) in [7, 11) is -1.43. The van der Waals surface area contributed by atoms with E-state index in [1.165, 1.54) is 0 Å². The van der Waals surface area contributed by atoms with Crippen molar-refractivity contribution in [3.05, 3.63) is 0 Å². The maximum atomic E-state index is 11.6. The summed E-state index contributed by atoms with van der Waals surface area (Å²) in [6.45, 7) is 5.52. The smallest absolute Gasteiger partial charge is 0.304 e. The molecule has 1 amide bonds. The fourth-order valence-electron chi connectivity index (χ4n) is 1.37. The van der Waals surface area contributed by atoms with E-state index >= 15 is 0 Å². The van der Waals surface area contributed by atoms with E-state index in [-0.39, 0.29) is 24.1 Å². The van der Waals surface area contributed by atoms with Gasteiger partial charge < -0.3 is 10.4 Å². The minimum atomic E-state index is -1.43. The van der Waals surface area contributed by atoms with Crippen molar-refractivity contribution in [3.8, 4) is 0 Å². The van der Waals surface area contributed by atoms with E-state index in [1.807, 2.05) is 13.8 Å². The quantitative estimate of drug-likeness (QED) is 0.681. The van der Waals surface area contributed by atoms with Crippen LogP contribution in [0.25, 0.3) is 0 Å². The largest absolute Gasteiger partial charge is 0.481 e. The molecule has 0 saturated heterocycles. The summed E-state index contributed by atoms with van der Waals surface area (Å²) >= 11 is 0. The Morgan fingerprint density at radius 2 is 1.82 bits per heavy atom. The van der Waals surface area contributed by atoms with Gasteiger partial charge in [-0.1, -0.05) is 20.8 Å². The van der Waals surface area contributed by atoms with Crippen LogP contribution in [-0.2, 0) is 20.4 Å². The minimum Gasteiger partial charge on any atom is -0.481 e. The van der Waals surface area contributed by atoms with E-state index in [0.717, 1.165) is 12.8 Å². The van der Waals surface area contributed by atoms with Crippen LogP contribution in [0.4, 0.5) is 0 Å². The Morgan fingerprint density at radius 1 is 1.29 bits per heavy atom. The van der Waals surface area contributed by atoms with E-state index < -0.39 is 22.0 Å². The molecule has 0 aliphatic heterocycles. The molecule has 0 fully saturated rings. The highest BCUT2D eigenvalue weighted by atomic mass is 32.2. The van der Waals surface area contributed by atoms with Crippen LogP contribution in [0.2, 0.25) is 0 Å². The number of carbonyl (C=O) groups is 2. The Balaban J connectivity index is 4.11. The molecular formula is C11H21NO4S. The Morgan fingerprint density at radius 3 is 2.24 bits per heavy atom. The van der Waals surface area contributed by atoms with E-state index in [2.05, 4.69) is 5.32 Å². The molecule has 2 unspecified atom stereocenters. The molecule has 2 atom stereocenters. The van der Waals surface area contributed by atoms with Crippen molar-refractivity contribution in [1.29, 1.82) is 0 Å². The second-order valence-electron chi connectivity index (χ2n) is 4.01. The van der Waals surface area contributed by atoms with Crippen LogP contribution in [0.3, 0.4) is 0 Å². The van der Waals surface area contributed by atoms with Crippen molar-refractivity contribution in [1.82, 2.24) is 5.32 Å². The van der Waals surface area contributed by atoms with Crippen molar-refractivity contribution < 1.29 is 18.9 Å². The lowest BCUT2D eigenvalue weighted by Crippen LogP contribution is -2.38. The van der Waals surface area contributed by atoms with E-state index in [9.17, 15) is 13.8 Å². The first kappa shape index (κ1) is 16.1. The lowest BCUT2D eigenvalue weighted by Gasteiger charge is -2.15. The van der Waals surface area contributed by atoms with Gasteiger partial charge in [0.1, 0.15) is 5.75 Å². The third-order valence-electron chi connectivity index (χ3n) is 2.53. The zero-order valence-electron chi connectivity index (χ0n) is 10.6. The number of rotatable bonds is 8. The molecule has 2 N–H and O–H groups in total. The van der Waals surface area contributed by atoms with Gasteiger partial charge in [-0.3, -0.25) is 13.8 Å². The third-order valence-corrected chi connectivity index (χ3v) is 4.15. The van der Waals surface area contributed by atoms with Gasteiger partial charge in [0.2, 0.25) is 5.91 Å². The minimum absolute atomic E-state index is 0.106. The Kier molecular flexibility index (Phi) is 7.78. The summed E-state index contributed by atoms with van der Waals surface area (Å²) < 4.78 is 11.6. The van der Waals surface area contributed by atoms with Gasteiger partial charge in [-0.25, -0.2) is 0 Å². The highest BCUT2D eigenvalue weighted by Crippen LogP contribution is 2.03. The van der Waals surface area contributed by atoms with Gasteiger partial charge in [0.15, 0.2) is 0 Å². The summed E-state index contributed by atoms with van der Waals surface area (Å²) in [5.41, 5.74) is 0. The first-order chi connectivity index (χ1) is 7.90. The number of carboxylic acid groups (broad SMARTS) is 1. The van der Waals surface area contributed by atoms with Crippen LogP contribution < -0.4 is 5.32 Å². The second kappa shape index (κ2) is 8.22. The number of aliphatic carboxylic acids is 1. The van der Waals surface area contributed by atoms with Crippen molar-refractivity contribution >= 4 is 22.7 Å². The molecule has 0 aromatic heterocycles. The van der Waals surface area contributed by atoms with Crippen LogP contribution in [0.15, 0.2) is 0 Å². The highest BCUT2D eigenvalue weighted by Gasteiger charge is 2.18. The number of amides is 1. The van der Waals surface area contributed by atoms with Gasteiger partial charge in [0.05, 0.1) is 6.42 Å². The Labute approximate surface area is 104 Å². The first-order valence-electron chi connectivity index (χ1n) is 5.78. The van der Waals surface area contributed by atoms with Crippen LogP contribution >= 0.6 is 0 Å². The third kappa shape index (κ3) is 7.10. The monoisotopic (exact) mass is 263 g/mol. The van der Waals surface area contributed by atoms with Gasteiger partial charge in [-0.2, -0.15) is 0 Å². The number of carbonyl (C=O) groups excluding carboxylic acids is 1. The van der Waals surface area contributed by atoms with Crippen molar-refractivity contribution in [2.45, 2.75) is 51.3 Å². The molecule has 0 heterocycles. The van der Waals surface area contributed by atoms with E-state index in [4.69, 9.17) is 5.11 Å². The SMILES string of the molecule is CCC(CC)NC(=O)CS(=O)C(C)CC(=O)O. The molecule has 6 heteroatoms. The molecule has 5 nitrogen and oxygen atoms in total. The van der Waals surface area contributed by atoms with Crippen LogP contribution in [-0.4, -0.2) is 38.2 Å². The molecule has 0 bridgehead atoms. The molecule has 0 spiro atoms. The Hall–Kier alpha value is -0.910. The summed E-state index contributed by atoms with van der Waals surface area (Å²) in [5, 5.41) is 10.8. The molecular weight excluding hydrogens is 242 g/mol. The number of nitrogens with one attached hydrogen (secondary N) is 1. The topological polar surface area (TPSA) is 83.5 Å². The van der Waals surface area contributed by atoms with Crippen LogP contribution in [0.1, 0.15) is 40.0 Å². The molecule has 0 saturated carbocycles. The highest BCUT2D eigenvalue weighted by molar-refractivity contribution is 7.86. The lowest BCUT2D eigenvalue weighted by atomic mass is 10.2. The standard InChI is InChI=1S/C11H21NO4S/c1-4-9(5-2)12-10(13)7-17(16)8(3)6-11(14)15/h8-9H,4-7H2,1-3H3,(H,12,13)(H,14,15). The van der Waals surface area contributed by atoms with Gasteiger partial charge in [0, 0.05) is 22.1 Å². The van der Waals surface area contributed by atoms with Crippen molar-refractivity contribution in [2.75, 3.05) is 5.75 Å². The molecule has 0 aliphatic rings. The number of hydrogen-bond donors (Lipinski definition) is 2. The fraction of sp³-hybridized carbons (Fsp3) is 0.818. The number of carboxylic acids is 1. The van der Waals surface area contributed by atoms with Crippen molar-refractivity contribution in [3.63, 3.8) is 0 Å².